The second kappa shape index (κ2) is 12.7. The number of guanidine groups is 1. The van der Waals surface area contributed by atoms with Gasteiger partial charge < -0.3 is 20.1 Å². The Morgan fingerprint density at radius 2 is 2.08 bits per heavy atom. The van der Waals surface area contributed by atoms with E-state index in [9.17, 15) is 4.21 Å². The highest BCUT2D eigenvalue weighted by Gasteiger charge is 2.25. The van der Waals surface area contributed by atoms with Crippen LogP contribution >= 0.6 is 0 Å². The topological polar surface area (TPSA) is 72.0 Å². The van der Waals surface area contributed by atoms with Gasteiger partial charge in [-0.2, -0.15) is 0 Å². The molecular weight excluding hydrogens is 350 g/mol. The first-order valence-electron chi connectivity index (χ1n) is 10.2. The van der Waals surface area contributed by atoms with Crippen LogP contribution in [0.4, 0.5) is 0 Å². The number of aliphatic imine (C=N–C) groups is 1. The second-order valence-electron chi connectivity index (χ2n) is 7.28. The van der Waals surface area contributed by atoms with Gasteiger partial charge in [-0.15, -0.1) is 0 Å². The smallest absolute Gasteiger partial charge is 0.191 e. The molecule has 2 aliphatic rings. The Bertz CT molecular complexity index is 442. The van der Waals surface area contributed by atoms with Crippen LogP contribution in [0.5, 0.6) is 0 Å². The lowest BCUT2D eigenvalue weighted by molar-refractivity contribution is 0.0203. The van der Waals surface area contributed by atoms with Gasteiger partial charge in [0.05, 0.1) is 0 Å². The highest BCUT2D eigenvalue weighted by molar-refractivity contribution is 7.85. The Morgan fingerprint density at radius 3 is 2.81 bits per heavy atom. The standard InChI is InChI=1S/C19H37N3O3S/c1-3-26(23)18-7-4-6-17(14-18)22-19(20-2)21-10-5-11-25-15-16-8-12-24-13-9-16/h16-18H,3-15H2,1-2H3,(H2,20,21,22). The Balaban J connectivity index is 1.56. The van der Waals surface area contributed by atoms with E-state index < -0.39 is 10.8 Å². The fourth-order valence-corrected chi connectivity index (χ4v) is 5.03. The monoisotopic (exact) mass is 387 g/mol. The van der Waals surface area contributed by atoms with Gasteiger partial charge in [0.25, 0.3) is 0 Å². The third-order valence-electron chi connectivity index (χ3n) is 5.30. The number of ether oxygens (including phenoxy) is 2. The van der Waals surface area contributed by atoms with E-state index in [0.717, 1.165) is 89.6 Å². The number of rotatable bonds is 9. The van der Waals surface area contributed by atoms with Gasteiger partial charge >= 0.3 is 0 Å². The molecule has 0 radical (unpaired) electrons. The highest BCUT2D eigenvalue weighted by Crippen LogP contribution is 2.23. The molecule has 1 aliphatic carbocycles. The van der Waals surface area contributed by atoms with Crippen LogP contribution in [-0.4, -0.2) is 67.2 Å². The van der Waals surface area contributed by atoms with E-state index in [4.69, 9.17) is 9.47 Å². The average Bonchev–Trinajstić information content (AvgIpc) is 2.70. The lowest BCUT2D eigenvalue weighted by atomic mass is 9.95. The van der Waals surface area contributed by atoms with E-state index >= 15 is 0 Å². The van der Waals surface area contributed by atoms with E-state index in [0.29, 0.717) is 17.2 Å². The van der Waals surface area contributed by atoms with Gasteiger partial charge in [0.15, 0.2) is 5.96 Å². The molecule has 2 rings (SSSR count). The minimum Gasteiger partial charge on any atom is -0.381 e. The molecule has 3 unspecified atom stereocenters. The predicted molar refractivity (Wildman–Crippen MR) is 108 cm³/mol. The molecule has 1 heterocycles. The van der Waals surface area contributed by atoms with Gasteiger partial charge in [0.2, 0.25) is 0 Å². The molecule has 0 spiro atoms. The van der Waals surface area contributed by atoms with Crippen LogP contribution in [-0.2, 0) is 20.3 Å². The van der Waals surface area contributed by atoms with Crippen molar-refractivity contribution in [2.45, 2.75) is 63.2 Å². The summed E-state index contributed by atoms with van der Waals surface area (Å²) >= 11 is 0. The first-order chi connectivity index (χ1) is 12.7. The van der Waals surface area contributed by atoms with Crippen molar-refractivity contribution in [2.24, 2.45) is 10.9 Å². The summed E-state index contributed by atoms with van der Waals surface area (Å²) in [6, 6.07) is 0.375. The molecule has 6 nitrogen and oxygen atoms in total. The van der Waals surface area contributed by atoms with Gasteiger partial charge in [-0.05, 0) is 44.4 Å². The third kappa shape index (κ3) is 7.92. The molecule has 0 aromatic rings. The van der Waals surface area contributed by atoms with E-state index in [1.54, 1.807) is 0 Å². The summed E-state index contributed by atoms with van der Waals surface area (Å²) < 4.78 is 23.2. The van der Waals surface area contributed by atoms with Gasteiger partial charge in [-0.1, -0.05) is 13.3 Å². The lowest BCUT2D eigenvalue weighted by Crippen LogP contribution is -2.46. The summed E-state index contributed by atoms with van der Waals surface area (Å²) in [5.41, 5.74) is 0. The molecule has 3 atom stereocenters. The van der Waals surface area contributed by atoms with Crippen molar-refractivity contribution in [3.63, 3.8) is 0 Å². The van der Waals surface area contributed by atoms with Crippen LogP contribution in [0.25, 0.3) is 0 Å². The molecule has 152 valence electrons. The predicted octanol–water partition coefficient (Wildman–Crippen LogP) is 2.06. The maximum Gasteiger partial charge on any atom is 0.191 e. The average molecular weight is 388 g/mol. The van der Waals surface area contributed by atoms with E-state index in [1.807, 2.05) is 14.0 Å². The van der Waals surface area contributed by atoms with E-state index in [2.05, 4.69) is 15.6 Å². The van der Waals surface area contributed by atoms with Crippen molar-refractivity contribution in [2.75, 3.05) is 45.8 Å². The number of nitrogens with one attached hydrogen (secondary N) is 2. The van der Waals surface area contributed by atoms with E-state index in [1.165, 1.54) is 0 Å². The highest BCUT2D eigenvalue weighted by atomic mass is 32.2. The van der Waals surface area contributed by atoms with Gasteiger partial charge in [-0.25, -0.2) is 0 Å². The normalized spacial score (nSPS) is 26.5. The van der Waals surface area contributed by atoms with Crippen molar-refractivity contribution in [1.82, 2.24) is 10.6 Å². The fourth-order valence-electron chi connectivity index (χ4n) is 3.68. The number of nitrogens with zero attached hydrogens (tertiary/aromatic N) is 1. The van der Waals surface area contributed by atoms with Gasteiger partial charge in [-0.3, -0.25) is 9.20 Å². The van der Waals surface area contributed by atoms with Gasteiger partial charge in [0.1, 0.15) is 0 Å². The maximum absolute atomic E-state index is 12.1. The molecule has 1 saturated carbocycles. The quantitative estimate of drug-likeness (QED) is 0.360. The Hall–Kier alpha value is -0.660. The molecule has 0 bridgehead atoms. The van der Waals surface area contributed by atoms with Crippen LogP contribution in [0.3, 0.4) is 0 Å². The van der Waals surface area contributed by atoms with Gasteiger partial charge in [0, 0.05) is 67.9 Å². The summed E-state index contributed by atoms with van der Waals surface area (Å²) in [4.78, 5) is 4.33. The van der Waals surface area contributed by atoms with Crippen molar-refractivity contribution < 1.29 is 13.7 Å². The molecule has 0 amide bonds. The fraction of sp³-hybridized carbons (Fsp3) is 0.947. The Kier molecular flexibility index (Phi) is 10.6. The minimum atomic E-state index is -0.687. The second-order valence-corrected chi connectivity index (χ2v) is 9.29. The molecule has 1 saturated heterocycles. The van der Waals surface area contributed by atoms with Crippen LogP contribution < -0.4 is 10.6 Å². The lowest BCUT2D eigenvalue weighted by Gasteiger charge is -2.30. The minimum absolute atomic E-state index is 0.336. The molecule has 26 heavy (non-hydrogen) atoms. The molecule has 0 aromatic heterocycles. The van der Waals surface area contributed by atoms with Crippen molar-refractivity contribution in [3.8, 4) is 0 Å². The van der Waals surface area contributed by atoms with Crippen LogP contribution in [0, 0.1) is 5.92 Å². The Labute approximate surface area is 161 Å². The van der Waals surface area contributed by atoms with Crippen LogP contribution in [0.1, 0.15) is 51.9 Å². The van der Waals surface area contributed by atoms with E-state index in [-0.39, 0.29) is 0 Å². The number of hydrogen-bond donors (Lipinski definition) is 2. The summed E-state index contributed by atoms with van der Waals surface area (Å²) in [5.74, 6) is 2.28. The zero-order chi connectivity index (χ0) is 18.6. The largest absolute Gasteiger partial charge is 0.381 e. The van der Waals surface area contributed by atoms with Crippen LogP contribution in [0.2, 0.25) is 0 Å². The third-order valence-corrected chi connectivity index (χ3v) is 7.04. The zero-order valence-electron chi connectivity index (χ0n) is 16.5. The molecular formula is C19H37N3O3S. The number of hydrogen-bond acceptors (Lipinski definition) is 4. The summed E-state index contributed by atoms with van der Waals surface area (Å²) in [7, 11) is 1.12. The Morgan fingerprint density at radius 1 is 1.27 bits per heavy atom. The first-order valence-corrected chi connectivity index (χ1v) is 11.6. The molecule has 7 heteroatoms. The molecule has 2 N–H and O–H groups in total. The first kappa shape index (κ1) is 21.6. The zero-order valence-corrected chi connectivity index (χ0v) is 17.3. The van der Waals surface area contributed by atoms with Crippen molar-refractivity contribution in [3.05, 3.63) is 0 Å². The maximum atomic E-state index is 12.1. The molecule has 1 aliphatic heterocycles. The van der Waals surface area contributed by atoms with Crippen LogP contribution in [0.15, 0.2) is 4.99 Å². The summed E-state index contributed by atoms with van der Waals surface area (Å²) in [6.07, 6.45) is 7.57. The summed E-state index contributed by atoms with van der Waals surface area (Å²) in [5, 5.41) is 7.22. The van der Waals surface area contributed by atoms with Crippen molar-refractivity contribution in [1.29, 1.82) is 0 Å². The molecule has 0 aromatic carbocycles. The summed E-state index contributed by atoms with van der Waals surface area (Å²) in [6.45, 7) is 6.26. The SMILES string of the molecule is CCS(=O)C1CCCC(NC(=NC)NCCCOCC2CCOCC2)C1. The molecule has 2 fully saturated rings. The van der Waals surface area contributed by atoms with Crippen molar-refractivity contribution >= 4 is 16.8 Å².